The third-order valence-electron chi connectivity index (χ3n) is 3.22. The van der Waals surface area contributed by atoms with Crippen LogP contribution < -0.4 is 5.32 Å². The van der Waals surface area contributed by atoms with Crippen molar-refractivity contribution in [2.24, 2.45) is 11.8 Å². The van der Waals surface area contributed by atoms with Gasteiger partial charge in [0.1, 0.15) is 0 Å². The Balaban J connectivity index is 1.79. The Hall–Kier alpha value is -0.900. The molecular formula is C12H22N4. The van der Waals surface area contributed by atoms with Crippen LogP contribution in [0.3, 0.4) is 0 Å². The Morgan fingerprint density at radius 2 is 2.19 bits per heavy atom. The maximum absolute atomic E-state index is 4.17. The number of hydrogen-bond acceptors (Lipinski definition) is 3. The topological polar surface area (TPSA) is 42.7 Å². The van der Waals surface area contributed by atoms with Gasteiger partial charge in [-0.1, -0.05) is 12.1 Å². The summed E-state index contributed by atoms with van der Waals surface area (Å²) in [4.78, 5) is 0. The Labute approximate surface area is 97.4 Å². The van der Waals surface area contributed by atoms with Crippen LogP contribution in [0.15, 0.2) is 6.20 Å². The van der Waals surface area contributed by atoms with E-state index in [-0.39, 0.29) is 5.54 Å². The third kappa shape index (κ3) is 2.82. The first-order valence-corrected chi connectivity index (χ1v) is 6.09. The standard InChI is InChI=1S/C12H22N4/c1-9-5-10(9)6-13-7-11-8-16(15-14-11)12(2,3)4/h8-10,13H,5-7H2,1-4H3. The van der Waals surface area contributed by atoms with Gasteiger partial charge in [-0.25, -0.2) is 4.68 Å². The number of rotatable bonds is 4. The molecule has 2 atom stereocenters. The van der Waals surface area contributed by atoms with Gasteiger partial charge in [-0.05, 0) is 45.6 Å². The lowest BCUT2D eigenvalue weighted by atomic mass is 10.1. The van der Waals surface area contributed by atoms with E-state index in [2.05, 4.69) is 43.3 Å². The molecule has 1 saturated carbocycles. The lowest BCUT2D eigenvalue weighted by Gasteiger charge is -2.17. The fourth-order valence-corrected chi connectivity index (χ4v) is 1.78. The van der Waals surface area contributed by atoms with Gasteiger partial charge in [0.15, 0.2) is 0 Å². The van der Waals surface area contributed by atoms with Gasteiger partial charge in [0.25, 0.3) is 0 Å². The van der Waals surface area contributed by atoms with Crippen molar-refractivity contribution in [2.45, 2.75) is 46.2 Å². The molecule has 0 spiro atoms. The van der Waals surface area contributed by atoms with Crippen molar-refractivity contribution < 1.29 is 0 Å². The van der Waals surface area contributed by atoms with Crippen LogP contribution in [0.2, 0.25) is 0 Å². The minimum absolute atomic E-state index is 0.0241. The van der Waals surface area contributed by atoms with E-state index in [1.165, 1.54) is 6.42 Å². The highest BCUT2D eigenvalue weighted by Crippen LogP contribution is 2.36. The monoisotopic (exact) mass is 222 g/mol. The molecule has 0 radical (unpaired) electrons. The molecule has 0 saturated heterocycles. The summed E-state index contributed by atoms with van der Waals surface area (Å²) < 4.78 is 1.92. The lowest BCUT2D eigenvalue weighted by molar-refractivity contribution is 0.347. The van der Waals surface area contributed by atoms with E-state index in [9.17, 15) is 0 Å². The normalized spacial score (nSPS) is 24.8. The zero-order valence-electron chi connectivity index (χ0n) is 10.7. The highest BCUT2D eigenvalue weighted by Gasteiger charge is 2.31. The Morgan fingerprint density at radius 1 is 1.50 bits per heavy atom. The smallest absolute Gasteiger partial charge is 0.0965 e. The van der Waals surface area contributed by atoms with Gasteiger partial charge >= 0.3 is 0 Å². The third-order valence-corrected chi connectivity index (χ3v) is 3.22. The predicted octanol–water partition coefficient (Wildman–Crippen LogP) is 1.78. The summed E-state index contributed by atoms with van der Waals surface area (Å²) in [5, 5.41) is 11.8. The number of nitrogens with one attached hydrogen (secondary N) is 1. The second kappa shape index (κ2) is 4.17. The number of aromatic nitrogens is 3. The molecule has 2 rings (SSSR count). The van der Waals surface area contributed by atoms with Crippen molar-refractivity contribution in [2.75, 3.05) is 6.54 Å². The summed E-state index contributed by atoms with van der Waals surface area (Å²) in [7, 11) is 0. The average Bonchev–Trinajstić information content (AvgIpc) is 2.69. The second-order valence-electron chi connectivity index (χ2n) is 5.93. The molecule has 1 aliphatic rings. The van der Waals surface area contributed by atoms with Crippen LogP contribution >= 0.6 is 0 Å². The number of hydrogen-bond donors (Lipinski definition) is 1. The van der Waals surface area contributed by atoms with Crippen molar-refractivity contribution in [1.29, 1.82) is 0 Å². The zero-order valence-corrected chi connectivity index (χ0v) is 10.7. The van der Waals surface area contributed by atoms with Crippen molar-refractivity contribution in [3.63, 3.8) is 0 Å². The minimum Gasteiger partial charge on any atom is -0.311 e. The first-order valence-electron chi connectivity index (χ1n) is 6.09. The lowest BCUT2D eigenvalue weighted by Crippen LogP contribution is -2.22. The van der Waals surface area contributed by atoms with Crippen molar-refractivity contribution in [1.82, 2.24) is 20.3 Å². The van der Waals surface area contributed by atoms with Gasteiger partial charge in [-0.3, -0.25) is 0 Å². The fourth-order valence-electron chi connectivity index (χ4n) is 1.78. The van der Waals surface area contributed by atoms with Crippen LogP contribution in [0.1, 0.15) is 39.8 Å². The van der Waals surface area contributed by atoms with Crippen LogP contribution in [-0.4, -0.2) is 21.5 Å². The van der Waals surface area contributed by atoms with E-state index in [0.29, 0.717) is 0 Å². The molecule has 2 unspecified atom stereocenters. The largest absolute Gasteiger partial charge is 0.311 e. The molecule has 1 aromatic rings. The molecular weight excluding hydrogens is 200 g/mol. The minimum atomic E-state index is 0.0241. The molecule has 4 nitrogen and oxygen atoms in total. The van der Waals surface area contributed by atoms with E-state index in [4.69, 9.17) is 0 Å². The second-order valence-corrected chi connectivity index (χ2v) is 5.93. The Kier molecular flexibility index (Phi) is 3.02. The van der Waals surface area contributed by atoms with E-state index in [1.54, 1.807) is 0 Å². The van der Waals surface area contributed by atoms with E-state index in [1.807, 2.05) is 10.9 Å². The summed E-state index contributed by atoms with van der Waals surface area (Å²) in [6.07, 6.45) is 3.41. The maximum Gasteiger partial charge on any atom is 0.0965 e. The first kappa shape index (κ1) is 11.6. The quantitative estimate of drug-likeness (QED) is 0.844. The molecule has 1 heterocycles. The molecule has 1 N–H and O–H groups in total. The van der Waals surface area contributed by atoms with Gasteiger partial charge in [0.05, 0.1) is 17.4 Å². The highest BCUT2D eigenvalue weighted by molar-refractivity contribution is 4.94. The molecule has 0 amide bonds. The van der Waals surface area contributed by atoms with Crippen LogP contribution in [0.25, 0.3) is 0 Å². The van der Waals surface area contributed by atoms with Gasteiger partial charge in [-0.2, -0.15) is 0 Å². The highest BCUT2D eigenvalue weighted by atomic mass is 15.4. The van der Waals surface area contributed by atoms with Crippen molar-refractivity contribution >= 4 is 0 Å². The van der Waals surface area contributed by atoms with Gasteiger partial charge in [0.2, 0.25) is 0 Å². The Morgan fingerprint density at radius 3 is 2.69 bits per heavy atom. The van der Waals surface area contributed by atoms with E-state index in [0.717, 1.165) is 30.6 Å². The summed E-state index contributed by atoms with van der Waals surface area (Å²) in [5.74, 6) is 1.80. The summed E-state index contributed by atoms with van der Waals surface area (Å²) >= 11 is 0. The van der Waals surface area contributed by atoms with Crippen LogP contribution in [0, 0.1) is 11.8 Å². The molecule has 16 heavy (non-hydrogen) atoms. The molecule has 0 bridgehead atoms. The average molecular weight is 222 g/mol. The van der Waals surface area contributed by atoms with Crippen LogP contribution in [-0.2, 0) is 12.1 Å². The SMILES string of the molecule is CC1CC1CNCc1cn(C(C)(C)C)nn1. The fraction of sp³-hybridized carbons (Fsp3) is 0.833. The molecule has 90 valence electrons. The van der Waals surface area contributed by atoms with Crippen molar-refractivity contribution in [3.05, 3.63) is 11.9 Å². The maximum atomic E-state index is 4.17. The van der Waals surface area contributed by atoms with E-state index >= 15 is 0 Å². The first-order chi connectivity index (χ1) is 7.47. The summed E-state index contributed by atoms with van der Waals surface area (Å²) in [5.41, 5.74) is 1.05. The number of nitrogens with zero attached hydrogens (tertiary/aromatic N) is 3. The molecule has 1 aliphatic carbocycles. The predicted molar refractivity (Wildman–Crippen MR) is 64.0 cm³/mol. The molecule has 0 aliphatic heterocycles. The molecule has 1 fully saturated rings. The van der Waals surface area contributed by atoms with Gasteiger partial charge in [-0.15, -0.1) is 5.10 Å². The molecule has 4 heteroatoms. The van der Waals surface area contributed by atoms with Gasteiger partial charge < -0.3 is 5.32 Å². The Bertz CT molecular complexity index is 350. The summed E-state index contributed by atoms with van der Waals surface area (Å²) in [6.45, 7) is 10.6. The van der Waals surface area contributed by atoms with Gasteiger partial charge in [0, 0.05) is 6.54 Å². The van der Waals surface area contributed by atoms with Crippen LogP contribution in [0.4, 0.5) is 0 Å². The van der Waals surface area contributed by atoms with Crippen molar-refractivity contribution in [3.8, 4) is 0 Å². The molecule has 0 aromatic carbocycles. The summed E-state index contributed by atoms with van der Waals surface area (Å²) in [6, 6.07) is 0. The molecule has 1 aromatic heterocycles. The van der Waals surface area contributed by atoms with E-state index < -0.39 is 0 Å². The van der Waals surface area contributed by atoms with Crippen LogP contribution in [0.5, 0.6) is 0 Å². The zero-order chi connectivity index (χ0) is 11.8.